The van der Waals surface area contributed by atoms with Gasteiger partial charge in [0, 0.05) is 34.5 Å². The fourth-order valence-electron chi connectivity index (χ4n) is 1.52. The second kappa shape index (κ2) is 6.02. The molecule has 0 unspecified atom stereocenters. The highest BCUT2D eigenvalue weighted by Gasteiger charge is 2.07. The standard InChI is InChI=1S/C13H13BrFN3/c1-2-16-6-9-7-17-13(18-8-9)11-5-10(15)3-4-12(11)14/h3-5,7-8,16H,2,6H2,1H3. The predicted molar refractivity (Wildman–Crippen MR) is 72.5 cm³/mol. The van der Waals surface area contributed by atoms with Crippen molar-refractivity contribution in [2.45, 2.75) is 13.5 Å². The van der Waals surface area contributed by atoms with E-state index in [9.17, 15) is 4.39 Å². The topological polar surface area (TPSA) is 37.8 Å². The van der Waals surface area contributed by atoms with E-state index in [1.807, 2.05) is 6.92 Å². The lowest BCUT2D eigenvalue weighted by Crippen LogP contribution is -2.12. The highest BCUT2D eigenvalue weighted by molar-refractivity contribution is 9.10. The van der Waals surface area contributed by atoms with Crippen LogP contribution in [0.3, 0.4) is 0 Å². The summed E-state index contributed by atoms with van der Waals surface area (Å²) in [6.45, 7) is 3.68. The van der Waals surface area contributed by atoms with Crippen LogP contribution in [-0.2, 0) is 6.54 Å². The van der Waals surface area contributed by atoms with Crippen molar-refractivity contribution in [1.82, 2.24) is 15.3 Å². The molecule has 0 amide bonds. The summed E-state index contributed by atoms with van der Waals surface area (Å²) in [6, 6.07) is 4.47. The number of benzene rings is 1. The molecule has 0 fully saturated rings. The summed E-state index contributed by atoms with van der Waals surface area (Å²) in [4.78, 5) is 8.51. The molecule has 3 nitrogen and oxygen atoms in total. The van der Waals surface area contributed by atoms with E-state index in [4.69, 9.17) is 0 Å². The maximum Gasteiger partial charge on any atom is 0.160 e. The highest BCUT2D eigenvalue weighted by atomic mass is 79.9. The van der Waals surface area contributed by atoms with Crippen LogP contribution in [-0.4, -0.2) is 16.5 Å². The first-order chi connectivity index (χ1) is 8.70. The normalized spacial score (nSPS) is 10.6. The SMILES string of the molecule is CCNCc1cnc(-c2cc(F)ccc2Br)nc1. The van der Waals surface area contributed by atoms with Crippen LogP contribution in [0.25, 0.3) is 11.4 Å². The molecule has 2 aromatic rings. The Labute approximate surface area is 114 Å². The van der Waals surface area contributed by atoms with Gasteiger partial charge in [-0.15, -0.1) is 0 Å². The average molecular weight is 310 g/mol. The van der Waals surface area contributed by atoms with Gasteiger partial charge in [-0.3, -0.25) is 0 Å². The lowest BCUT2D eigenvalue weighted by molar-refractivity contribution is 0.628. The Morgan fingerprint density at radius 3 is 2.67 bits per heavy atom. The molecule has 0 spiro atoms. The van der Waals surface area contributed by atoms with Gasteiger partial charge in [0.25, 0.3) is 0 Å². The predicted octanol–water partition coefficient (Wildman–Crippen LogP) is 3.15. The molecule has 0 saturated heterocycles. The minimum Gasteiger partial charge on any atom is -0.313 e. The maximum atomic E-state index is 13.2. The van der Waals surface area contributed by atoms with E-state index in [1.165, 1.54) is 12.1 Å². The molecular weight excluding hydrogens is 297 g/mol. The average Bonchev–Trinajstić information content (AvgIpc) is 2.40. The summed E-state index contributed by atoms with van der Waals surface area (Å²) in [5.74, 6) is 0.218. The second-order valence-electron chi connectivity index (χ2n) is 3.82. The molecule has 0 atom stereocenters. The lowest BCUT2D eigenvalue weighted by Gasteiger charge is -2.05. The molecule has 18 heavy (non-hydrogen) atoms. The summed E-state index contributed by atoms with van der Waals surface area (Å²) < 4.78 is 14.0. The monoisotopic (exact) mass is 309 g/mol. The van der Waals surface area contributed by atoms with Crippen molar-refractivity contribution >= 4 is 15.9 Å². The Hall–Kier alpha value is -1.33. The Bertz CT molecular complexity index is 528. The summed E-state index contributed by atoms with van der Waals surface area (Å²) in [7, 11) is 0. The molecule has 2 rings (SSSR count). The summed E-state index contributed by atoms with van der Waals surface area (Å²) in [5.41, 5.74) is 1.66. The first-order valence-corrected chi connectivity index (χ1v) is 6.47. The van der Waals surface area contributed by atoms with Gasteiger partial charge in [-0.05, 0) is 24.7 Å². The Morgan fingerprint density at radius 1 is 1.28 bits per heavy atom. The van der Waals surface area contributed by atoms with E-state index in [0.29, 0.717) is 11.4 Å². The van der Waals surface area contributed by atoms with Crippen molar-refractivity contribution in [3.05, 3.63) is 46.4 Å². The Balaban J connectivity index is 2.25. The maximum absolute atomic E-state index is 13.2. The van der Waals surface area contributed by atoms with Crippen LogP contribution in [0.4, 0.5) is 4.39 Å². The molecule has 0 aliphatic rings. The molecule has 1 aromatic carbocycles. The molecule has 0 aliphatic carbocycles. The number of aromatic nitrogens is 2. The van der Waals surface area contributed by atoms with Crippen LogP contribution < -0.4 is 5.32 Å². The first-order valence-electron chi connectivity index (χ1n) is 5.67. The van der Waals surface area contributed by atoms with Crippen molar-refractivity contribution in [2.75, 3.05) is 6.54 Å². The zero-order chi connectivity index (χ0) is 13.0. The van der Waals surface area contributed by atoms with E-state index in [2.05, 4.69) is 31.2 Å². The van der Waals surface area contributed by atoms with Gasteiger partial charge in [0.2, 0.25) is 0 Å². The third-order valence-electron chi connectivity index (χ3n) is 2.45. The molecular formula is C13H13BrFN3. The van der Waals surface area contributed by atoms with E-state index in [0.717, 1.165) is 23.1 Å². The Kier molecular flexibility index (Phi) is 4.38. The molecule has 94 valence electrons. The van der Waals surface area contributed by atoms with Crippen LogP contribution >= 0.6 is 15.9 Å². The van der Waals surface area contributed by atoms with E-state index < -0.39 is 0 Å². The van der Waals surface area contributed by atoms with Gasteiger partial charge in [-0.1, -0.05) is 22.9 Å². The van der Waals surface area contributed by atoms with Crippen LogP contribution in [0, 0.1) is 5.82 Å². The van der Waals surface area contributed by atoms with Crippen molar-refractivity contribution in [3.63, 3.8) is 0 Å². The number of rotatable bonds is 4. The number of halogens is 2. The minimum atomic E-state index is -0.298. The molecule has 1 aromatic heterocycles. The van der Waals surface area contributed by atoms with Crippen LogP contribution in [0.2, 0.25) is 0 Å². The van der Waals surface area contributed by atoms with Gasteiger partial charge >= 0.3 is 0 Å². The number of hydrogen-bond acceptors (Lipinski definition) is 3. The quantitative estimate of drug-likeness (QED) is 0.942. The van der Waals surface area contributed by atoms with Gasteiger partial charge in [0.15, 0.2) is 5.82 Å². The molecule has 0 aliphatic heterocycles. The highest BCUT2D eigenvalue weighted by Crippen LogP contribution is 2.25. The van der Waals surface area contributed by atoms with Crippen LogP contribution in [0.15, 0.2) is 35.1 Å². The number of nitrogens with one attached hydrogen (secondary N) is 1. The summed E-state index contributed by atoms with van der Waals surface area (Å²) >= 11 is 3.37. The van der Waals surface area contributed by atoms with Crippen molar-refractivity contribution in [3.8, 4) is 11.4 Å². The minimum absolute atomic E-state index is 0.298. The largest absolute Gasteiger partial charge is 0.313 e. The fourth-order valence-corrected chi connectivity index (χ4v) is 1.95. The molecule has 5 heteroatoms. The first kappa shape index (κ1) is 13.1. The lowest BCUT2D eigenvalue weighted by atomic mass is 10.2. The molecule has 0 radical (unpaired) electrons. The number of nitrogens with zero attached hydrogens (tertiary/aromatic N) is 2. The van der Waals surface area contributed by atoms with Crippen molar-refractivity contribution in [1.29, 1.82) is 0 Å². The van der Waals surface area contributed by atoms with Gasteiger partial charge in [-0.25, -0.2) is 14.4 Å². The number of hydrogen-bond donors (Lipinski definition) is 1. The zero-order valence-electron chi connectivity index (χ0n) is 9.95. The van der Waals surface area contributed by atoms with Crippen LogP contribution in [0.5, 0.6) is 0 Å². The van der Waals surface area contributed by atoms with E-state index >= 15 is 0 Å². The van der Waals surface area contributed by atoms with Gasteiger partial charge in [0.05, 0.1) is 0 Å². The molecule has 1 heterocycles. The summed E-state index contributed by atoms with van der Waals surface area (Å²) in [6.07, 6.45) is 3.50. The second-order valence-corrected chi connectivity index (χ2v) is 4.67. The third kappa shape index (κ3) is 3.11. The molecule has 0 bridgehead atoms. The van der Waals surface area contributed by atoms with E-state index in [1.54, 1.807) is 18.5 Å². The van der Waals surface area contributed by atoms with Crippen LogP contribution in [0.1, 0.15) is 12.5 Å². The zero-order valence-corrected chi connectivity index (χ0v) is 11.5. The summed E-state index contributed by atoms with van der Waals surface area (Å²) in [5, 5.41) is 3.20. The third-order valence-corrected chi connectivity index (χ3v) is 3.15. The van der Waals surface area contributed by atoms with Crippen molar-refractivity contribution in [2.24, 2.45) is 0 Å². The van der Waals surface area contributed by atoms with Gasteiger partial charge in [-0.2, -0.15) is 0 Å². The fraction of sp³-hybridized carbons (Fsp3) is 0.231. The molecule has 1 N–H and O–H groups in total. The Morgan fingerprint density at radius 2 is 2.00 bits per heavy atom. The smallest absolute Gasteiger partial charge is 0.160 e. The van der Waals surface area contributed by atoms with Gasteiger partial charge < -0.3 is 5.32 Å². The van der Waals surface area contributed by atoms with E-state index in [-0.39, 0.29) is 5.82 Å². The van der Waals surface area contributed by atoms with Crippen molar-refractivity contribution < 1.29 is 4.39 Å². The van der Waals surface area contributed by atoms with Gasteiger partial charge in [0.1, 0.15) is 5.82 Å². The molecule has 0 saturated carbocycles.